The van der Waals surface area contributed by atoms with Crippen LogP contribution < -0.4 is 0 Å². The average Bonchev–Trinajstić information content (AvgIpc) is 2.05. The third kappa shape index (κ3) is 1.50. The highest BCUT2D eigenvalue weighted by atomic mass is 19.1. The third-order valence-corrected chi connectivity index (χ3v) is 2.89. The van der Waals surface area contributed by atoms with Crippen LogP contribution in [-0.2, 0) is 4.79 Å². The topological polar surface area (TPSA) is 37.3 Å². The van der Waals surface area contributed by atoms with Gasteiger partial charge in [0.2, 0.25) is 0 Å². The Kier molecular flexibility index (Phi) is 2.23. The fourth-order valence-electron chi connectivity index (χ4n) is 1.90. The maximum Gasteiger partial charge on any atom is 0.307 e. The van der Waals surface area contributed by atoms with Crippen molar-refractivity contribution in [1.29, 1.82) is 0 Å². The van der Waals surface area contributed by atoms with E-state index < -0.39 is 5.97 Å². The molecular formula is C11H11FO2. The molecule has 1 aromatic carbocycles. The molecule has 1 saturated carbocycles. The van der Waals surface area contributed by atoms with E-state index in [0.29, 0.717) is 0 Å². The van der Waals surface area contributed by atoms with Crippen molar-refractivity contribution >= 4 is 5.97 Å². The fourth-order valence-corrected chi connectivity index (χ4v) is 1.90. The average molecular weight is 194 g/mol. The summed E-state index contributed by atoms with van der Waals surface area (Å²) >= 11 is 0. The van der Waals surface area contributed by atoms with Crippen molar-refractivity contribution in [2.24, 2.45) is 5.92 Å². The maximum absolute atomic E-state index is 12.6. The molecule has 0 aromatic heterocycles. The highest BCUT2D eigenvalue weighted by molar-refractivity contribution is 5.72. The van der Waals surface area contributed by atoms with Crippen LogP contribution in [0.2, 0.25) is 0 Å². The number of carbonyl (C=O) groups is 1. The molecule has 1 aliphatic rings. The summed E-state index contributed by atoms with van der Waals surface area (Å²) in [5, 5.41) is 8.85. The van der Waals surface area contributed by atoms with Gasteiger partial charge in [-0.3, -0.25) is 4.79 Å². The SMILES string of the molecule is O=C(O)[C@@H]1CC[C@H]1c1ccc(F)cc1. The molecule has 0 aliphatic heterocycles. The number of benzene rings is 1. The summed E-state index contributed by atoms with van der Waals surface area (Å²) in [5.41, 5.74) is 0.935. The van der Waals surface area contributed by atoms with Crippen molar-refractivity contribution in [3.63, 3.8) is 0 Å². The molecule has 2 nitrogen and oxygen atoms in total. The lowest BCUT2D eigenvalue weighted by molar-refractivity contribution is -0.145. The molecule has 0 bridgehead atoms. The summed E-state index contributed by atoms with van der Waals surface area (Å²) < 4.78 is 12.6. The lowest BCUT2D eigenvalue weighted by Gasteiger charge is -2.33. The Morgan fingerprint density at radius 3 is 2.36 bits per heavy atom. The molecule has 0 heterocycles. The first-order valence-electron chi connectivity index (χ1n) is 4.67. The summed E-state index contributed by atoms with van der Waals surface area (Å²) in [5.74, 6) is -1.22. The minimum Gasteiger partial charge on any atom is -0.481 e. The molecular weight excluding hydrogens is 183 g/mol. The smallest absolute Gasteiger partial charge is 0.307 e. The number of carboxylic acid groups (broad SMARTS) is 1. The van der Waals surface area contributed by atoms with E-state index in [1.54, 1.807) is 12.1 Å². The van der Waals surface area contributed by atoms with Crippen molar-refractivity contribution < 1.29 is 14.3 Å². The third-order valence-electron chi connectivity index (χ3n) is 2.89. The second kappa shape index (κ2) is 3.40. The van der Waals surface area contributed by atoms with Gasteiger partial charge in [0.1, 0.15) is 5.82 Å². The molecule has 1 aromatic rings. The summed E-state index contributed by atoms with van der Waals surface area (Å²) in [6.07, 6.45) is 1.62. The van der Waals surface area contributed by atoms with Crippen molar-refractivity contribution in [2.45, 2.75) is 18.8 Å². The van der Waals surface area contributed by atoms with Crippen LogP contribution in [0.4, 0.5) is 4.39 Å². The van der Waals surface area contributed by atoms with Gasteiger partial charge >= 0.3 is 5.97 Å². The van der Waals surface area contributed by atoms with Gasteiger partial charge in [-0.05, 0) is 36.5 Å². The van der Waals surface area contributed by atoms with E-state index in [1.807, 2.05) is 0 Å². The van der Waals surface area contributed by atoms with Crippen LogP contribution in [0, 0.1) is 11.7 Å². The van der Waals surface area contributed by atoms with Crippen molar-refractivity contribution in [2.75, 3.05) is 0 Å². The Labute approximate surface area is 81.4 Å². The molecule has 3 heteroatoms. The van der Waals surface area contributed by atoms with Gasteiger partial charge in [0, 0.05) is 0 Å². The van der Waals surface area contributed by atoms with Gasteiger partial charge in [0.05, 0.1) is 5.92 Å². The van der Waals surface area contributed by atoms with Crippen LogP contribution >= 0.6 is 0 Å². The monoisotopic (exact) mass is 194 g/mol. The zero-order chi connectivity index (χ0) is 10.1. The Morgan fingerprint density at radius 2 is 1.93 bits per heavy atom. The van der Waals surface area contributed by atoms with Gasteiger partial charge in [0.25, 0.3) is 0 Å². The lowest BCUT2D eigenvalue weighted by atomic mass is 9.70. The molecule has 2 rings (SSSR count). The minimum absolute atomic E-state index is 0.0769. The number of carboxylic acids is 1. The van der Waals surface area contributed by atoms with E-state index in [0.717, 1.165) is 18.4 Å². The number of hydrogen-bond acceptors (Lipinski definition) is 1. The molecule has 0 radical (unpaired) electrons. The van der Waals surface area contributed by atoms with Crippen LogP contribution in [0.1, 0.15) is 24.3 Å². The quantitative estimate of drug-likeness (QED) is 0.784. The predicted octanol–water partition coefficient (Wildman–Crippen LogP) is 2.40. The highest BCUT2D eigenvalue weighted by Crippen LogP contribution is 2.42. The summed E-state index contributed by atoms with van der Waals surface area (Å²) in [4.78, 5) is 10.8. The number of hydrogen-bond donors (Lipinski definition) is 1. The normalized spacial score (nSPS) is 25.5. The first-order valence-corrected chi connectivity index (χ1v) is 4.67. The Balaban J connectivity index is 2.16. The lowest BCUT2D eigenvalue weighted by Crippen LogP contribution is -2.30. The molecule has 0 amide bonds. The molecule has 0 saturated heterocycles. The van der Waals surface area contributed by atoms with Gasteiger partial charge in [-0.15, -0.1) is 0 Å². The Hall–Kier alpha value is -1.38. The van der Waals surface area contributed by atoms with Crippen LogP contribution in [0.3, 0.4) is 0 Å². The number of aliphatic carboxylic acids is 1. The van der Waals surface area contributed by atoms with E-state index in [1.165, 1.54) is 12.1 Å². The van der Waals surface area contributed by atoms with Gasteiger partial charge in [0.15, 0.2) is 0 Å². The standard InChI is InChI=1S/C11H11FO2/c12-8-3-1-7(2-4-8)9-5-6-10(9)11(13)14/h1-4,9-10H,5-6H2,(H,13,14)/t9-,10+/m0/s1. The predicted molar refractivity (Wildman–Crippen MR) is 49.5 cm³/mol. The molecule has 1 aliphatic carbocycles. The van der Waals surface area contributed by atoms with Crippen LogP contribution in [0.15, 0.2) is 24.3 Å². The van der Waals surface area contributed by atoms with Crippen LogP contribution in [0.25, 0.3) is 0 Å². The molecule has 74 valence electrons. The number of rotatable bonds is 2. The van der Waals surface area contributed by atoms with Gasteiger partial charge in [-0.2, -0.15) is 0 Å². The fraction of sp³-hybridized carbons (Fsp3) is 0.364. The van der Waals surface area contributed by atoms with Gasteiger partial charge in [-0.25, -0.2) is 4.39 Å². The molecule has 0 unspecified atom stereocenters. The summed E-state index contributed by atoms with van der Waals surface area (Å²) in [6, 6.07) is 6.11. The minimum atomic E-state index is -0.745. The van der Waals surface area contributed by atoms with E-state index in [4.69, 9.17) is 5.11 Å². The highest BCUT2D eigenvalue weighted by Gasteiger charge is 2.37. The molecule has 1 N–H and O–H groups in total. The van der Waals surface area contributed by atoms with Crippen LogP contribution in [0.5, 0.6) is 0 Å². The molecule has 0 spiro atoms. The van der Waals surface area contributed by atoms with Gasteiger partial charge < -0.3 is 5.11 Å². The molecule has 1 fully saturated rings. The Bertz CT molecular complexity index is 345. The van der Waals surface area contributed by atoms with Gasteiger partial charge in [-0.1, -0.05) is 12.1 Å². The largest absolute Gasteiger partial charge is 0.481 e. The van der Waals surface area contributed by atoms with Crippen molar-refractivity contribution in [3.05, 3.63) is 35.6 Å². The molecule has 14 heavy (non-hydrogen) atoms. The summed E-state index contributed by atoms with van der Waals surface area (Å²) in [7, 11) is 0. The second-order valence-corrected chi connectivity index (χ2v) is 3.68. The van der Waals surface area contributed by atoms with E-state index in [9.17, 15) is 9.18 Å². The number of halogens is 1. The zero-order valence-corrected chi connectivity index (χ0v) is 7.61. The second-order valence-electron chi connectivity index (χ2n) is 3.68. The van der Waals surface area contributed by atoms with Crippen molar-refractivity contribution in [3.8, 4) is 0 Å². The van der Waals surface area contributed by atoms with E-state index in [2.05, 4.69) is 0 Å². The van der Waals surface area contributed by atoms with E-state index >= 15 is 0 Å². The molecule has 2 atom stereocenters. The summed E-state index contributed by atoms with van der Waals surface area (Å²) in [6.45, 7) is 0. The Morgan fingerprint density at radius 1 is 1.29 bits per heavy atom. The maximum atomic E-state index is 12.6. The zero-order valence-electron chi connectivity index (χ0n) is 7.61. The van der Waals surface area contributed by atoms with E-state index in [-0.39, 0.29) is 17.7 Å². The first kappa shape index (κ1) is 9.19. The first-order chi connectivity index (χ1) is 6.68. The van der Waals surface area contributed by atoms with Crippen molar-refractivity contribution in [1.82, 2.24) is 0 Å². The van der Waals surface area contributed by atoms with Crippen LogP contribution in [-0.4, -0.2) is 11.1 Å².